The number of allylic oxidation sites excluding steroid dienone is 3. The van der Waals surface area contributed by atoms with E-state index in [0.717, 1.165) is 17.8 Å². The van der Waals surface area contributed by atoms with E-state index in [1.165, 1.54) is 38.9 Å². The van der Waals surface area contributed by atoms with Gasteiger partial charge in [0.25, 0.3) is 0 Å². The molecule has 4 aromatic rings. The molecular formula is C34H31N. The molecule has 1 heteroatoms. The van der Waals surface area contributed by atoms with Gasteiger partial charge >= 0.3 is 0 Å². The summed E-state index contributed by atoms with van der Waals surface area (Å²) < 4.78 is 0. The molecule has 1 atom stereocenters. The summed E-state index contributed by atoms with van der Waals surface area (Å²) in [5, 5.41) is 3.68. The van der Waals surface area contributed by atoms with Crippen molar-refractivity contribution in [3.05, 3.63) is 138 Å². The molecule has 0 aromatic heterocycles. The average Bonchev–Trinajstić information content (AvgIpc) is 3.13. The van der Waals surface area contributed by atoms with E-state index >= 15 is 0 Å². The summed E-state index contributed by atoms with van der Waals surface area (Å²) in [6.45, 7) is 7.00. The predicted molar refractivity (Wildman–Crippen MR) is 149 cm³/mol. The molecule has 2 aliphatic rings. The van der Waals surface area contributed by atoms with Crippen LogP contribution < -0.4 is 5.32 Å². The number of rotatable bonds is 4. The van der Waals surface area contributed by atoms with Gasteiger partial charge in [0.2, 0.25) is 0 Å². The van der Waals surface area contributed by atoms with Crippen LogP contribution in [0.25, 0.3) is 22.3 Å². The topological polar surface area (TPSA) is 12.0 Å². The van der Waals surface area contributed by atoms with Crippen LogP contribution in [0.5, 0.6) is 0 Å². The second-order valence-electron chi connectivity index (χ2n) is 10.6. The highest BCUT2D eigenvalue weighted by Crippen LogP contribution is 2.49. The molecule has 35 heavy (non-hydrogen) atoms. The molecule has 0 spiro atoms. The molecule has 1 unspecified atom stereocenters. The molecule has 0 heterocycles. The fourth-order valence-electron chi connectivity index (χ4n) is 5.82. The summed E-state index contributed by atoms with van der Waals surface area (Å²) in [5.41, 5.74) is 11.8. The summed E-state index contributed by atoms with van der Waals surface area (Å²) in [5.74, 6) is 0. The Kier molecular flexibility index (Phi) is 5.04. The lowest BCUT2D eigenvalue weighted by atomic mass is 9.74. The Morgan fingerprint density at radius 3 is 2.03 bits per heavy atom. The van der Waals surface area contributed by atoms with Crippen LogP contribution in [0.2, 0.25) is 0 Å². The van der Waals surface area contributed by atoms with E-state index in [9.17, 15) is 0 Å². The van der Waals surface area contributed by atoms with Gasteiger partial charge in [0, 0.05) is 22.2 Å². The minimum absolute atomic E-state index is 0.0140. The van der Waals surface area contributed by atoms with Crippen molar-refractivity contribution < 1.29 is 0 Å². The third kappa shape index (κ3) is 3.63. The largest absolute Gasteiger partial charge is 0.356 e. The quantitative estimate of drug-likeness (QED) is 0.325. The lowest BCUT2D eigenvalue weighted by Gasteiger charge is -2.31. The molecule has 4 aromatic carbocycles. The SMILES string of the molecule is CC1(c2ccccc2-c2ccccc2)C=CC(Nc2ccc3c(c2)C(C)(C)c2ccccc2-3)=CC1. The predicted octanol–water partition coefficient (Wildman–Crippen LogP) is 8.87. The number of hydrogen-bond donors (Lipinski definition) is 1. The van der Waals surface area contributed by atoms with E-state index in [1.807, 2.05) is 0 Å². The lowest BCUT2D eigenvalue weighted by molar-refractivity contribution is 0.598. The van der Waals surface area contributed by atoms with Gasteiger partial charge < -0.3 is 5.32 Å². The van der Waals surface area contributed by atoms with Crippen molar-refractivity contribution in [3.63, 3.8) is 0 Å². The maximum Gasteiger partial charge on any atom is 0.0387 e. The van der Waals surface area contributed by atoms with E-state index in [2.05, 4.69) is 141 Å². The summed E-state index contributed by atoms with van der Waals surface area (Å²) in [4.78, 5) is 0. The van der Waals surface area contributed by atoms with E-state index < -0.39 is 0 Å². The molecule has 0 amide bonds. The number of hydrogen-bond acceptors (Lipinski definition) is 1. The zero-order valence-electron chi connectivity index (χ0n) is 20.7. The molecule has 1 nitrogen and oxygen atoms in total. The molecule has 0 saturated carbocycles. The number of fused-ring (bicyclic) bond motifs is 3. The van der Waals surface area contributed by atoms with Crippen molar-refractivity contribution in [1.29, 1.82) is 0 Å². The third-order valence-electron chi connectivity index (χ3n) is 7.88. The van der Waals surface area contributed by atoms with Gasteiger partial charge in [-0.2, -0.15) is 0 Å². The first-order valence-electron chi connectivity index (χ1n) is 12.5. The Hall–Kier alpha value is -3.84. The van der Waals surface area contributed by atoms with Crippen molar-refractivity contribution in [3.8, 4) is 22.3 Å². The van der Waals surface area contributed by atoms with Crippen LogP contribution in [0.15, 0.2) is 121 Å². The third-order valence-corrected chi connectivity index (χ3v) is 7.88. The Morgan fingerprint density at radius 1 is 0.629 bits per heavy atom. The van der Waals surface area contributed by atoms with E-state index in [-0.39, 0.29) is 10.8 Å². The van der Waals surface area contributed by atoms with Gasteiger partial charge in [0.1, 0.15) is 0 Å². The summed E-state index contributed by atoms with van der Waals surface area (Å²) in [7, 11) is 0. The first-order valence-corrected chi connectivity index (χ1v) is 12.5. The van der Waals surface area contributed by atoms with Crippen LogP contribution in [-0.4, -0.2) is 0 Å². The molecule has 6 rings (SSSR count). The van der Waals surface area contributed by atoms with Gasteiger partial charge in [0.15, 0.2) is 0 Å². The molecule has 2 aliphatic carbocycles. The summed E-state index contributed by atoms with van der Waals surface area (Å²) in [6.07, 6.45) is 7.91. The zero-order chi connectivity index (χ0) is 24.0. The van der Waals surface area contributed by atoms with E-state index in [1.54, 1.807) is 0 Å². The molecule has 1 N–H and O–H groups in total. The molecule has 0 fully saturated rings. The van der Waals surface area contributed by atoms with Crippen molar-refractivity contribution in [2.24, 2.45) is 0 Å². The normalized spacial score (nSPS) is 19.6. The van der Waals surface area contributed by atoms with Crippen molar-refractivity contribution in [2.75, 3.05) is 5.32 Å². The Labute approximate surface area is 208 Å². The van der Waals surface area contributed by atoms with Crippen LogP contribution in [0.1, 0.15) is 43.9 Å². The Bertz CT molecular complexity index is 1470. The second-order valence-corrected chi connectivity index (χ2v) is 10.6. The molecule has 0 aliphatic heterocycles. The highest BCUT2D eigenvalue weighted by molar-refractivity contribution is 5.82. The Balaban J connectivity index is 1.26. The zero-order valence-corrected chi connectivity index (χ0v) is 20.7. The molecule has 0 bridgehead atoms. The molecule has 0 radical (unpaired) electrons. The summed E-state index contributed by atoms with van der Waals surface area (Å²) >= 11 is 0. The van der Waals surface area contributed by atoms with Crippen molar-refractivity contribution >= 4 is 5.69 Å². The van der Waals surface area contributed by atoms with E-state index in [4.69, 9.17) is 0 Å². The fourth-order valence-corrected chi connectivity index (χ4v) is 5.82. The highest BCUT2D eigenvalue weighted by atomic mass is 14.9. The number of benzene rings is 4. The van der Waals surface area contributed by atoms with Gasteiger partial charge in [-0.25, -0.2) is 0 Å². The van der Waals surface area contributed by atoms with Crippen molar-refractivity contribution in [2.45, 2.75) is 38.0 Å². The standard InChI is InChI=1S/C34H31N/c1-33(2)30-15-9-8-14-28(30)29-18-17-26(23-32(29)33)35-25-19-21-34(3,22-20-25)31-16-10-7-13-27(31)24-11-5-4-6-12-24/h4-21,23,35H,22H2,1-3H3. The van der Waals surface area contributed by atoms with Crippen LogP contribution in [0, 0.1) is 0 Å². The van der Waals surface area contributed by atoms with E-state index in [0.29, 0.717) is 0 Å². The number of anilines is 1. The van der Waals surface area contributed by atoms with Gasteiger partial charge in [-0.1, -0.05) is 118 Å². The van der Waals surface area contributed by atoms with Crippen LogP contribution >= 0.6 is 0 Å². The maximum atomic E-state index is 3.68. The summed E-state index contributed by atoms with van der Waals surface area (Å²) in [6, 6.07) is 35.1. The fraction of sp³-hybridized carbons (Fsp3) is 0.176. The average molecular weight is 454 g/mol. The monoisotopic (exact) mass is 453 g/mol. The first kappa shape index (κ1) is 21.7. The molecule has 0 saturated heterocycles. The van der Waals surface area contributed by atoms with Crippen LogP contribution in [0.4, 0.5) is 5.69 Å². The van der Waals surface area contributed by atoms with Gasteiger partial charge in [-0.05, 0) is 63.6 Å². The number of nitrogens with one attached hydrogen (secondary N) is 1. The smallest absolute Gasteiger partial charge is 0.0387 e. The first-order chi connectivity index (χ1) is 17.0. The second kappa shape index (κ2) is 8.13. The van der Waals surface area contributed by atoms with Gasteiger partial charge in [-0.15, -0.1) is 0 Å². The van der Waals surface area contributed by atoms with Crippen LogP contribution in [0.3, 0.4) is 0 Å². The highest BCUT2D eigenvalue weighted by Gasteiger charge is 2.35. The van der Waals surface area contributed by atoms with Crippen LogP contribution in [-0.2, 0) is 10.8 Å². The maximum absolute atomic E-state index is 3.68. The van der Waals surface area contributed by atoms with Crippen molar-refractivity contribution in [1.82, 2.24) is 0 Å². The molecular weight excluding hydrogens is 422 g/mol. The Morgan fingerprint density at radius 2 is 1.29 bits per heavy atom. The minimum atomic E-state index is -0.0425. The van der Waals surface area contributed by atoms with Gasteiger partial charge in [-0.3, -0.25) is 0 Å². The lowest BCUT2D eigenvalue weighted by Crippen LogP contribution is -2.22. The minimum Gasteiger partial charge on any atom is -0.356 e. The van der Waals surface area contributed by atoms with Gasteiger partial charge in [0.05, 0.1) is 0 Å². The molecule has 172 valence electrons.